The molecule has 134 valence electrons. The molecule has 1 atom stereocenters. The van der Waals surface area contributed by atoms with Gasteiger partial charge in [-0.1, -0.05) is 47.0 Å². The maximum atomic E-state index is 12.2. The van der Waals surface area contributed by atoms with Gasteiger partial charge in [0.05, 0.1) is 18.1 Å². The maximum Gasteiger partial charge on any atom is 0.233 e. The van der Waals surface area contributed by atoms with Crippen LogP contribution in [0.4, 0.5) is 0 Å². The number of nitrogens with zero attached hydrogens (tertiary/aromatic N) is 2. The quantitative estimate of drug-likeness (QED) is 0.621. The van der Waals surface area contributed by atoms with Crippen LogP contribution in [0, 0.1) is 0 Å². The summed E-state index contributed by atoms with van der Waals surface area (Å²) in [6.07, 6.45) is 0. The molecule has 1 heterocycles. The Morgan fingerprint density at radius 1 is 1.28 bits per heavy atom. The summed E-state index contributed by atoms with van der Waals surface area (Å²) in [5.41, 5.74) is 6.09. The molecule has 25 heavy (non-hydrogen) atoms. The third-order valence-electron chi connectivity index (χ3n) is 3.00. The number of carbonyl (C=O) groups is 2. The Kier molecular flexibility index (Phi) is 7.53. The number of thioether (sulfide) groups is 2. The van der Waals surface area contributed by atoms with Crippen LogP contribution in [0.3, 0.4) is 0 Å². The van der Waals surface area contributed by atoms with E-state index in [0.29, 0.717) is 15.2 Å². The van der Waals surface area contributed by atoms with Crippen LogP contribution in [0.15, 0.2) is 32.9 Å². The van der Waals surface area contributed by atoms with Crippen LogP contribution in [-0.4, -0.2) is 40.1 Å². The van der Waals surface area contributed by atoms with E-state index in [1.54, 1.807) is 7.11 Å². The first-order valence-corrected chi connectivity index (χ1v) is 9.98. The minimum atomic E-state index is -0.402. The van der Waals surface area contributed by atoms with E-state index >= 15 is 0 Å². The van der Waals surface area contributed by atoms with Crippen LogP contribution in [0.2, 0.25) is 0 Å². The predicted octanol–water partition coefficient (Wildman–Crippen LogP) is 1.92. The van der Waals surface area contributed by atoms with Crippen molar-refractivity contribution in [1.82, 2.24) is 15.5 Å². The van der Waals surface area contributed by atoms with Gasteiger partial charge in [0, 0.05) is 6.54 Å². The number of nitrogens with two attached hydrogens (primary N) is 1. The van der Waals surface area contributed by atoms with Crippen molar-refractivity contribution in [2.24, 2.45) is 5.73 Å². The molecule has 3 N–H and O–H groups in total. The Bertz CT molecular complexity index is 721. The van der Waals surface area contributed by atoms with E-state index in [1.807, 2.05) is 31.2 Å². The van der Waals surface area contributed by atoms with E-state index in [9.17, 15) is 9.59 Å². The Morgan fingerprint density at radius 3 is 2.60 bits per heavy atom. The molecular weight excluding hydrogens is 380 g/mol. The van der Waals surface area contributed by atoms with Crippen molar-refractivity contribution in [1.29, 1.82) is 0 Å². The first-order chi connectivity index (χ1) is 12.0. The zero-order chi connectivity index (χ0) is 18.2. The minimum Gasteiger partial charge on any atom is -0.497 e. The Morgan fingerprint density at radius 2 is 1.96 bits per heavy atom. The Balaban J connectivity index is 1.80. The molecular formula is C15H18N4O3S3. The summed E-state index contributed by atoms with van der Waals surface area (Å²) in [4.78, 5) is 23.0. The molecule has 2 amide bonds. The predicted molar refractivity (Wildman–Crippen MR) is 100.0 cm³/mol. The summed E-state index contributed by atoms with van der Waals surface area (Å²) < 4.78 is 6.44. The molecule has 2 aromatic rings. The first kappa shape index (κ1) is 19.5. The zero-order valence-corrected chi connectivity index (χ0v) is 16.2. The molecule has 0 saturated carbocycles. The van der Waals surface area contributed by atoms with Crippen LogP contribution in [0.25, 0.3) is 0 Å². The summed E-state index contributed by atoms with van der Waals surface area (Å²) in [5, 5.41) is 10.6. The van der Waals surface area contributed by atoms with Gasteiger partial charge in [0.2, 0.25) is 11.8 Å². The fourth-order valence-electron chi connectivity index (χ4n) is 1.72. The average Bonchev–Trinajstić information content (AvgIpc) is 3.05. The molecule has 0 bridgehead atoms. The summed E-state index contributed by atoms with van der Waals surface area (Å²) in [6.45, 7) is 2.26. The smallest absolute Gasteiger partial charge is 0.233 e. The van der Waals surface area contributed by atoms with Gasteiger partial charge in [0.15, 0.2) is 8.68 Å². The van der Waals surface area contributed by atoms with Crippen LogP contribution < -0.4 is 15.8 Å². The van der Waals surface area contributed by atoms with Crippen LogP contribution in [0.1, 0.15) is 12.5 Å². The van der Waals surface area contributed by atoms with Crippen molar-refractivity contribution in [3.63, 3.8) is 0 Å². The molecule has 2 rings (SSSR count). The van der Waals surface area contributed by atoms with E-state index in [4.69, 9.17) is 10.5 Å². The van der Waals surface area contributed by atoms with Crippen molar-refractivity contribution >= 4 is 46.7 Å². The number of ether oxygens (including phenoxy) is 1. The molecule has 0 radical (unpaired) electrons. The lowest BCUT2D eigenvalue weighted by molar-refractivity contribution is -0.120. The lowest BCUT2D eigenvalue weighted by Crippen LogP contribution is -2.30. The molecule has 0 aliphatic heterocycles. The first-order valence-electron chi connectivity index (χ1n) is 7.30. The van der Waals surface area contributed by atoms with Gasteiger partial charge in [-0.25, -0.2) is 0 Å². The summed E-state index contributed by atoms with van der Waals surface area (Å²) in [6, 6.07) is 7.52. The summed E-state index contributed by atoms with van der Waals surface area (Å²) in [7, 11) is 1.61. The highest BCUT2D eigenvalue weighted by molar-refractivity contribution is 8.04. The minimum absolute atomic E-state index is 0.0812. The summed E-state index contributed by atoms with van der Waals surface area (Å²) in [5.74, 6) is 0.459. The van der Waals surface area contributed by atoms with Gasteiger partial charge in [-0.3, -0.25) is 9.59 Å². The summed E-state index contributed by atoms with van der Waals surface area (Å²) >= 11 is 3.91. The lowest BCUT2D eigenvalue weighted by atomic mass is 10.2. The Hall–Kier alpha value is -1.78. The second-order valence-corrected chi connectivity index (χ2v) is 8.70. The van der Waals surface area contributed by atoms with Crippen molar-refractivity contribution < 1.29 is 14.3 Å². The van der Waals surface area contributed by atoms with Gasteiger partial charge in [-0.05, 0) is 24.6 Å². The van der Waals surface area contributed by atoms with E-state index < -0.39 is 5.91 Å². The molecule has 10 heteroatoms. The number of primary amides is 1. The number of aromatic nitrogens is 2. The SMILES string of the molecule is COc1ccc(CNC(=O)C(C)Sc2nnc(SCC(N)=O)s2)cc1. The van der Waals surface area contributed by atoms with Gasteiger partial charge in [-0.2, -0.15) is 0 Å². The molecule has 1 aromatic heterocycles. The van der Waals surface area contributed by atoms with Crippen molar-refractivity contribution in [2.45, 2.75) is 27.4 Å². The van der Waals surface area contributed by atoms with Gasteiger partial charge >= 0.3 is 0 Å². The van der Waals surface area contributed by atoms with Crippen molar-refractivity contribution in [3.8, 4) is 5.75 Å². The number of hydrogen-bond acceptors (Lipinski definition) is 8. The third-order valence-corrected chi connectivity index (χ3v) is 6.26. The van der Waals surface area contributed by atoms with E-state index in [2.05, 4.69) is 15.5 Å². The number of amides is 2. The number of carbonyl (C=O) groups excluding carboxylic acids is 2. The largest absolute Gasteiger partial charge is 0.497 e. The topological polar surface area (TPSA) is 107 Å². The van der Waals surface area contributed by atoms with Gasteiger partial charge < -0.3 is 15.8 Å². The number of nitrogens with one attached hydrogen (secondary N) is 1. The highest BCUT2D eigenvalue weighted by Crippen LogP contribution is 2.31. The van der Waals surface area contributed by atoms with Crippen LogP contribution in [0.5, 0.6) is 5.75 Å². The molecule has 0 spiro atoms. The van der Waals surface area contributed by atoms with E-state index in [0.717, 1.165) is 11.3 Å². The van der Waals surface area contributed by atoms with Crippen LogP contribution >= 0.6 is 34.9 Å². The zero-order valence-electron chi connectivity index (χ0n) is 13.7. The molecule has 7 nitrogen and oxygen atoms in total. The molecule has 0 fully saturated rings. The number of methoxy groups -OCH3 is 1. The average molecular weight is 399 g/mol. The maximum absolute atomic E-state index is 12.2. The molecule has 1 unspecified atom stereocenters. The molecule has 0 aliphatic rings. The van der Waals surface area contributed by atoms with E-state index in [1.165, 1.54) is 34.9 Å². The fraction of sp³-hybridized carbons (Fsp3) is 0.333. The highest BCUT2D eigenvalue weighted by atomic mass is 32.2. The van der Waals surface area contributed by atoms with Crippen LogP contribution in [-0.2, 0) is 16.1 Å². The number of benzene rings is 1. The third kappa shape index (κ3) is 6.56. The van der Waals surface area contributed by atoms with Gasteiger partial charge in [-0.15, -0.1) is 10.2 Å². The van der Waals surface area contributed by atoms with Gasteiger partial charge in [0.25, 0.3) is 0 Å². The van der Waals surface area contributed by atoms with Crippen molar-refractivity contribution in [3.05, 3.63) is 29.8 Å². The number of rotatable bonds is 9. The second kappa shape index (κ2) is 9.64. The lowest BCUT2D eigenvalue weighted by Gasteiger charge is -2.10. The monoisotopic (exact) mass is 398 g/mol. The number of hydrogen-bond donors (Lipinski definition) is 2. The molecule has 0 aliphatic carbocycles. The molecule has 1 aromatic carbocycles. The van der Waals surface area contributed by atoms with E-state index in [-0.39, 0.29) is 16.9 Å². The second-order valence-electron chi connectivity index (χ2n) is 4.91. The van der Waals surface area contributed by atoms with Crippen molar-refractivity contribution in [2.75, 3.05) is 12.9 Å². The molecule has 0 saturated heterocycles. The highest BCUT2D eigenvalue weighted by Gasteiger charge is 2.17. The normalized spacial score (nSPS) is 11.8. The fourth-order valence-corrected chi connectivity index (χ4v) is 4.64. The standard InChI is InChI=1S/C15H18N4O3S3/c1-9(24-15-19-18-14(25-15)23-8-12(16)20)13(21)17-7-10-3-5-11(22-2)6-4-10/h3-6,9H,7-8H2,1-2H3,(H2,16,20)(H,17,21). The van der Waals surface area contributed by atoms with Gasteiger partial charge in [0.1, 0.15) is 5.75 Å². The Labute approximate surface area is 158 Å².